The smallest absolute Gasteiger partial charge is 0.0974 e. The number of nitriles is 1. The van der Waals surface area contributed by atoms with Crippen molar-refractivity contribution in [1.29, 1.82) is 5.26 Å². The fraction of sp³-hybridized carbons (Fsp3) is 0.562. The van der Waals surface area contributed by atoms with E-state index in [1.807, 2.05) is 24.3 Å². The molecule has 1 aromatic carbocycles. The fourth-order valence-corrected chi connectivity index (χ4v) is 2.54. The first-order chi connectivity index (χ1) is 9.21. The van der Waals surface area contributed by atoms with Gasteiger partial charge in [-0.15, -0.1) is 0 Å². The molecular formula is C16H22N2O. The molecule has 1 saturated carbocycles. The van der Waals surface area contributed by atoms with Crippen LogP contribution in [0.4, 0.5) is 5.69 Å². The number of hydrogen-bond acceptors (Lipinski definition) is 3. The number of rotatable bonds is 6. The third-order valence-electron chi connectivity index (χ3n) is 3.97. The first-order valence-corrected chi connectivity index (χ1v) is 7.13. The first-order valence-electron chi connectivity index (χ1n) is 7.13. The number of benzene rings is 1. The number of aliphatic hydroxyl groups is 1. The molecule has 3 heteroatoms. The van der Waals surface area contributed by atoms with Gasteiger partial charge in [-0.1, -0.05) is 12.1 Å². The van der Waals surface area contributed by atoms with Crippen LogP contribution in [-0.2, 0) is 0 Å². The predicted molar refractivity (Wildman–Crippen MR) is 77.1 cm³/mol. The lowest BCUT2D eigenvalue weighted by Gasteiger charge is -2.22. The van der Waals surface area contributed by atoms with Crippen molar-refractivity contribution in [3.05, 3.63) is 29.8 Å². The number of nitrogens with zero attached hydrogens (tertiary/aromatic N) is 2. The van der Waals surface area contributed by atoms with Gasteiger partial charge in [0, 0.05) is 18.8 Å². The lowest BCUT2D eigenvalue weighted by atomic mass is 9.92. The zero-order valence-corrected chi connectivity index (χ0v) is 11.7. The van der Waals surface area contributed by atoms with E-state index in [0.717, 1.165) is 31.5 Å². The average molecular weight is 258 g/mol. The molecule has 1 fully saturated rings. The third-order valence-corrected chi connectivity index (χ3v) is 3.97. The zero-order valence-electron chi connectivity index (χ0n) is 11.7. The molecule has 1 N–H and O–H groups in total. The lowest BCUT2D eigenvalue weighted by Crippen LogP contribution is -2.22. The Kier molecular flexibility index (Phi) is 4.44. The molecule has 102 valence electrons. The SMILES string of the molecule is CCN(CC)c1ccc(C(C#N)C(O)C2CC2)cc1. The van der Waals surface area contributed by atoms with E-state index in [1.54, 1.807) is 0 Å². The third kappa shape index (κ3) is 3.08. The van der Waals surface area contributed by atoms with Crippen molar-refractivity contribution in [2.45, 2.75) is 38.7 Å². The Labute approximate surface area is 115 Å². The number of aliphatic hydroxyl groups excluding tert-OH is 1. The monoisotopic (exact) mass is 258 g/mol. The van der Waals surface area contributed by atoms with Crippen LogP contribution in [0.15, 0.2) is 24.3 Å². The summed E-state index contributed by atoms with van der Waals surface area (Å²) in [6.07, 6.45) is 1.60. The van der Waals surface area contributed by atoms with Crippen molar-refractivity contribution in [3.63, 3.8) is 0 Å². The minimum absolute atomic E-state index is 0.326. The van der Waals surface area contributed by atoms with E-state index in [4.69, 9.17) is 0 Å². The Morgan fingerprint density at radius 3 is 2.26 bits per heavy atom. The van der Waals surface area contributed by atoms with Crippen LogP contribution in [0.3, 0.4) is 0 Å². The molecule has 0 amide bonds. The van der Waals surface area contributed by atoms with Gasteiger partial charge in [0.05, 0.1) is 18.1 Å². The Morgan fingerprint density at radius 1 is 1.26 bits per heavy atom. The van der Waals surface area contributed by atoms with Gasteiger partial charge >= 0.3 is 0 Å². The van der Waals surface area contributed by atoms with E-state index in [2.05, 4.69) is 24.8 Å². The molecule has 1 aromatic rings. The minimum atomic E-state index is -0.510. The maximum atomic E-state index is 10.1. The second-order valence-corrected chi connectivity index (χ2v) is 5.20. The normalized spacial score (nSPS) is 17.6. The summed E-state index contributed by atoms with van der Waals surface area (Å²) in [7, 11) is 0. The standard InChI is InChI=1S/C16H22N2O/c1-3-18(4-2)14-9-7-12(8-10-14)15(11-17)16(19)13-5-6-13/h7-10,13,15-16,19H,3-6H2,1-2H3. The average Bonchev–Trinajstić information content (AvgIpc) is 3.27. The van der Waals surface area contributed by atoms with Crippen LogP contribution in [0.1, 0.15) is 38.2 Å². The fourth-order valence-electron chi connectivity index (χ4n) is 2.54. The topological polar surface area (TPSA) is 47.3 Å². The summed E-state index contributed by atoms with van der Waals surface area (Å²) < 4.78 is 0. The van der Waals surface area contributed by atoms with E-state index >= 15 is 0 Å². The Balaban J connectivity index is 2.14. The van der Waals surface area contributed by atoms with E-state index in [1.165, 1.54) is 5.69 Å². The summed E-state index contributed by atoms with van der Waals surface area (Å²) in [5, 5.41) is 19.4. The summed E-state index contributed by atoms with van der Waals surface area (Å²) in [6.45, 7) is 6.21. The zero-order chi connectivity index (χ0) is 13.8. The summed E-state index contributed by atoms with van der Waals surface area (Å²) >= 11 is 0. The van der Waals surface area contributed by atoms with Crippen molar-refractivity contribution >= 4 is 5.69 Å². The molecule has 2 atom stereocenters. The molecule has 19 heavy (non-hydrogen) atoms. The molecule has 0 spiro atoms. The van der Waals surface area contributed by atoms with Crippen LogP contribution in [-0.4, -0.2) is 24.3 Å². The summed E-state index contributed by atoms with van der Waals surface area (Å²) in [6, 6.07) is 10.3. The van der Waals surface area contributed by atoms with Gasteiger partial charge in [-0.25, -0.2) is 0 Å². The predicted octanol–water partition coefficient (Wildman–Crippen LogP) is 2.91. The van der Waals surface area contributed by atoms with Gasteiger partial charge in [0.2, 0.25) is 0 Å². The Hall–Kier alpha value is -1.53. The van der Waals surface area contributed by atoms with Gasteiger partial charge in [-0.2, -0.15) is 5.26 Å². The molecule has 2 rings (SSSR count). The van der Waals surface area contributed by atoms with Crippen molar-refractivity contribution in [1.82, 2.24) is 0 Å². The molecule has 2 unspecified atom stereocenters. The summed E-state index contributed by atoms with van der Waals surface area (Å²) in [4.78, 5) is 2.27. The van der Waals surface area contributed by atoms with Gasteiger partial charge in [0.1, 0.15) is 0 Å². The Bertz CT molecular complexity index is 441. The second kappa shape index (κ2) is 6.08. The summed E-state index contributed by atoms with van der Waals surface area (Å²) in [5.74, 6) is -0.0645. The van der Waals surface area contributed by atoms with Gasteiger partial charge in [0.15, 0.2) is 0 Å². The lowest BCUT2D eigenvalue weighted by molar-refractivity contribution is 0.138. The molecular weight excluding hydrogens is 236 g/mol. The van der Waals surface area contributed by atoms with Crippen LogP contribution in [0.25, 0.3) is 0 Å². The van der Waals surface area contributed by atoms with E-state index in [0.29, 0.717) is 5.92 Å². The molecule has 1 aliphatic carbocycles. The molecule has 0 aliphatic heterocycles. The van der Waals surface area contributed by atoms with Gasteiger partial charge in [0.25, 0.3) is 0 Å². The molecule has 1 aliphatic rings. The molecule has 0 saturated heterocycles. The highest BCUT2D eigenvalue weighted by atomic mass is 16.3. The van der Waals surface area contributed by atoms with E-state index in [9.17, 15) is 10.4 Å². The van der Waals surface area contributed by atoms with E-state index in [-0.39, 0.29) is 0 Å². The first kappa shape index (κ1) is 13.9. The van der Waals surface area contributed by atoms with Crippen molar-refractivity contribution in [3.8, 4) is 6.07 Å². The van der Waals surface area contributed by atoms with Crippen LogP contribution in [0.2, 0.25) is 0 Å². The highest BCUT2D eigenvalue weighted by molar-refractivity contribution is 5.48. The van der Waals surface area contributed by atoms with Crippen molar-refractivity contribution < 1.29 is 5.11 Å². The molecule has 0 heterocycles. The van der Waals surface area contributed by atoms with Gasteiger partial charge in [-0.05, 0) is 50.3 Å². The number of hydrogen-bond donors (Lipinski definition) is 1. The number of anilines is 1. The van der Waals surface area contributed by atoms with Crippen molar-refractivity contribution in [2.24, 2.45) is 5.92 Å². The maximum Gasteiger partial charge on any atom is 0.0974 e. The second-order valence-electron chi connectivity index (χ2n) is 5.20. The quantitative estimate of drug-likeness (QED) is 0.853. The minimum Gasteiger partial charge on any atom is -0.391 e. The highest BCUT2D eigenvalue weighted by Crippen LogP contribution is 2.39. The van der Waals surface area contributed by atoms with Crippen LogP contribution in [0, 0.1) is 17.2 Å². The molecule has 0 aromatic heterocycles. The van der Waals surface area contributed by atoms with Crippen LogP contribution in [0.5, 0.6) is 0 Å². The molecule has 0 radical (unpaired) electrons. The molecule has 0 bridgehead atoms. The van der Waals surface area contributed by atoms with E-state index < -0.39 is 12.0 Å². The largest absolute Gasteiger partial charge is 0.391 e. The van der Waals surface area contributed by atoms with Crippen LogP contribution < -0.4 is 4.90 Å². The maximum absolute atomic E-state index is 10.1. The highest BCUT2D eigenvalue weighted by Gasteiger charge is 2.36. The molecule has 3 nitrogen and oxygen atoms in total. The van der Waals surface area contributed by atoms with Gasteiger partial charge in [-0.3, -0.25) is 0 Å². The summed E-state index contributed by atoms with van der Waals surface area (Å²) in [5.41, 5.74) is 2.10. The van der Waals surface area contributed by atoms with Gasteiger partial charge < -0.3 is 10.0 Å². The van der Waals surface area contributed by atoms with Crippen molar-refractivity contribution in [2.75, 3.05) is 18.0 Å². The van der Waals surface area contributed by atoms with Crippen LogP contribution >= 0.6 is 0 Å². The Morgan fingerprint density at radius 2 is 1.84 bits per heavy atom.